The highest BCUT2D eigenvalue weighted by Crippen LogP contribution is 2.22. The van der Waals surface area contributed by atoms with Gasteiger partial charge in [0.05, 0.1) is 11.1 Å². The zero-order chi connectivity index (χ0) is 19.7. The van der Waals surface area contributed by atoms with E-state index in [4.69, 9.17) is 0 Å². The van der Waals surface area contributed by atoms with E-state index < -0.39 is 0 Å². The van der Waals surface area contributed by atoms with Gasteiger partial charge in [0.15, 0.2) is 0 Å². The highest BCUT2D eigenvalue weighted by atomic mass is 19.1. The van der Waals surface area contributed by atoms with Crippen LogP contribution in [0.2, 0.25) is 0 Å². The van der Waals surface area contributed by atoms with Crippen molar-refractivity contribution >= 4 is 22.7 Å². The first-order valence-corrected chi connectivity index (χ1v) is 9.23. The quantitative estimate of drug-likeness (QED) is 0.689. The second-order valence-corrected chi connectivity index (χ2v) is 6.92. The Bertz CT molecular complexity index is 1040. The lowest BCUT2D eigenvalue weighted by Gasteiger charge is -2.35. The summed E-state index contributed by atoms with van der Waals surface area (Å²) in [6.07, 6.45) is 0. The normalized spacial score (nSPS) is 14.4. The minimum absolute atomic E-state index is 0.0200. The van der Waals surface area contributed by atoms with Crippen molar-refractivity contribution < 1.29 is 14.0 Å². The number of halogens is 1. The minimum atomic E-state index is -0.378. The van der Waals surface area contributed by atoms with Crippen LogP contribution in [0.4, 0.5) is 4.39 Å². The highest BCUT2D eigenvalue weighted by molar-refractivity contribution is 6.06. The predicted molar refractivity (Wildman–Crippen MR) is 105 cm³/mol. The Morgan fingerprint density at radius 1 is 0.893 bits per heavy atom. The first kappa shape index (κ1) is 18.1. The third-order valence-electron chi connectivity index (χ3n) is 5.01. The third-order valence-corrected chi connectivity index (χ3v) is 5.01. The number of piperazine rings is 1. The second kappa shape index (κ2) is 7.38. The van der Waals surface area contributed by atoms with Crippen LogP contribution < -0.4 is 0 Å². The van der Waals surface area contributed by atoms with Crippen LogP contribution in [-0.4, -0.2) is 52.8 Å². The van der Waals surface area contributed by atoms with Crippen molar-refractivity contribution in [2.24, 2.45) is 0 Å². The van der Waals surface area contributed by atoms with Crippen LogP contribution in [0.5, 0.6) is 0 Å². The summed E-state index contributed by atoms with van der Waals surface area (Å²) in [5.74, 6) is -0.515. The van der Waals surface area contributed by atoms with E-state index >= 15 is 0 Å². The Kier molecular flexibility index (Phi) is 4.77. The number of fused-ring (bicyclic) bond motifs is 1. The predicted octanol–water partition coefficient (Wildman–Crippen LogP) is 3.28. The summed E-state index contributed by atoms with van der Waals surface area (Å²) >= 11 is 0. The first-order chi connectivity index (χ1) is 13.5. The summed E-state index contributed by atoms with van der Waals surface area (Å²) < 4.78 is 13.5. The minimum Gasteiger partial charge on any atom is -0.335 e. The molecule has 0 atom stereocenters. The van der Waals surface area contributed by atoms with Gasteiger partial charge in [0.2, 0.25) is 0 Å². The van der Waals surface area contributed by atoms with Crippen molar-refractivity contribution in [2.75, 3.05) is 26.2 Å². The van der Waals surface area contributed by atoms with E-state index in [9.17, 15) is 14.0 Å². The number of rotatable bonds is 2. The van der Waals surface area contributed by atoms with Crippen molar-refractivity contribution in [3.8, 4) is 0 Å². The van der Waals surface area contributed by atoms with E-state index in [0.717, 1.165) is 0 Å². The number of benzene rings is 2. The van der Waals surface area contributed by atoms with E-state index in [0.29, 0.717) is 53.9 Å². The van der Waals surface area contributed by atoms with E-state index in [1.165, 1.54) is 12.1 Å². The summed E-state index contributed by atoms with van der Waals surface area (Å²) in [4.78, 5) is 33.5. The van der Waals surface area contributed by atoms with Gasteiger partial charge in [-0.05, 0) is 37.3 Å². The van der Waals surface area contributed by atoms with Crippen molar-refractivity contribution in [1.82, 2.24) is 14.8 Å². The van der Waals surface area contributed by atoms with Gasteiger partial charge in [0, 0.05) is 48.9 Å². The number of pyridine rings is 1. The monoisotopic (exact) mass is 377 g/mol. The molecule has 3 aromatic rings. The molecule has 0 unspecified atom stereocenters. The molecule has 6 heteroatoms. The number of aryl methyl sites for hydroxylation is 1. The van der Waals surface area contributed by atoms with Gasteiger partial charge in [-0.25, -0.2) is 4.39 Å². The fraction of sp³-hybridized carbons (Fsp3) is 0.227. The second-order valence-electron chi connectivity index (χ2n) is 6.92. The molecule has 1 fully saturated rings. The van der Waals surface area contributed by atoms with E-state index in [1.807, 2.05) is 18.2 Å². The summed E-state index contributed by atoms with van der Waals surface area (Å²) in [7, 11) is 0. The van der Waals surface area contributed by atoms with Gasteiger partial charge < -0.3 is 9.80 Å². The molecule has 2 aromatic carbocycles. The number of amides is 2. The van der Waals surface area contributed by atoms with Gasteiger partial charge >= 0.3 is 0 Å². The molecule has 0 aliphatic carbocycles. The Hall–Kier alpha value is -3.28. The molecular formula is C22H20FN3O2. The van der Waals surface area contributed by atoms with Crippen LogP contribution >= 0.6 is 0 Å². The molecule has 4 rings (SSSR count). The molecule has 2 amide bonds. The fourth-order valence-corrected chi connectivity index (χ4v) is 3.56. The first-order valence-electron chi connectivity index (χ1n) is 9.23. The molecule has 0 bridgehead atoms. The summed E-state index contributed by atoms with van der Waals surface area (Å²) in [6, 6.07) is 15.2. The molecule has 1 saturated heterocycles. The van der Waals surface area contributed by atoms with Crippen LogP contribution in [0.15, 0.2) is 54.6 Å². The van der Waals surface area contributed by atoms with Crippen LogP contribution in [-0.2, 0) is 0 Å². The Balaban J connectivity index is 1.52. The summed E-state index contributed by atoms with van der Waals surface area (Å²) in [5, 5.41) is 0.639. The molecule has 2 heterocycles. The van der Waals surface area contributed by atoms with Crippen molar-refractivity contribution in [2.45, 2.75) is 6.92 Å². The van der Waals surface area contributed by atoms with Crippen LogP contribution in [0.1, 0.15) is 26.4 Å². The maximum Gasteiger partial charge on any atom is 0.254 e. The average molecular weight is 377 g/mol. The third kappa shape index (κ3) is 3.45. The average Bonchev–Trinajstić information content (AvgIpc) is 2.72. The van der Waals surface area contributed by atoms with Gasteiger partial charge in [-0.3, -0.25) is 14.6 Å². The van der Waals surface area contributed by atoms with E-state index in [-0.39, 0.29) is 17.6 Å². The lowest BCUT2D eigenvalue weighted by Crippen LogP contribution is -2.50. The van der Waals surface area contributed by atoms with E-state index in [2.05, 4.69) is 4.98 Å². The van der Waals surface area contributed by atoms with Crippen molar-refractivity contribution in [3.05, 3.63) is 77.2 Å². The maximum absolute atomic E-state index is 13.5. The Morgan fingerprint density at radius 3 is 2.21 bits per heavy atom. The van der Waals surface area contributed by atoms with Gasteiger partial charge in [-0.1, -0.05) is 18.2 Å². The molecule has 1 aromatic heterocycles. The van der Waals surface area contributed by atoms with Gasteiger partial charge in [0.25, 0.3) is 11.8 Å². The SMILES string of the molecule is Cc1cc(C(=O)N2CCN(C(=O)c3ccccc3)CC2)c2ccc(F)cc2n1. The summed E-state index contributed by atoms with van der Waals surface area (Å²) in [6.45, 7) is 3.67. The van der Waals surface area contributed by atoms with Gasteiger partial charge in [0.1, 0.15) is 5.82 Å². The van der Waals surface area contributed by atoms with Gasteiger partial charge in [-0.2, -0.15) is 0 Å². The molecule has 142 valence electrons. The number of carbonyl (C=O) groups is 2. The molecule has 1 aliphatic heterocycles. The number of hydrogen-bond acceptors (Lipinski definition) is 3. The maximum atomic E-state index is 13.5. The Labute approximate surface area is 162 Å². The smallest absolute Gasteiger partial charge is 0.254 e. The van der Waals surface area contributed by atoms with Crippen LogP contribution in [0.25, 0.3) is 10.9 Å². The summed E-state index contributed by atoms with van der Waals surface area (Å²) in [5.41, 5.74) is 2.31. The molecule has 0 spiro atoms. The van der Waals surface area contributed by atoms with Crippen molar-refractivity contribution in [3.63, 3.8) is 0 Å². The number of carbonyl (C=O) groups excluding carboxylic acids is 2. The Morgan fingerprint density at radius 2 is 1.54 bits per heavy atom. The molecule has 0 radical (unpaired) electrons. The fourth-order valence-electron chi connectivity index (χ4n) is 3.56. The molecular weight excluding hydrogens is 357 g/mol. The lowest BCUT2D eigenvalue weighted by atomic mass is 10.1. The highest BCUT2D eigenvalue weighted by Gasteiger charge is 2.26. The van der Waals surface area contributed by atoms with Gasteiger partial charge in [-0.15, -0.1) is 0 Å². The number of hydrogen-bond donors (Lipinski definition) is 0. The van der Waals surface area contributed by atoms with E-state index in [1.54, 1.807) is 41.0 Å². The zero-order valence-electron chi connectivity index (χ0n) is 15.6. The standard InChI is InChI=1S/C22H20FN3O2/c1-15-13-19(18-8-7-17(23)14-20(18)24-15)22(28)26-11-9-25(10-12-26)21(27)16-5-3-2-4-6-16/h2-8,13-14H,9-12H2,1H3. The zero-order valence-corrected chi connectivity index (χ0v) is 15.6. The topological polar surface area (TPSA) is 53.5 Å². The van der Waals surface area contributed by atoms with Crippen LogP contribution in [0, 0.1) is 12.7 Å². The number of nitrogens with zero attached hydrogens (tertiary/aromatic N) is 3. The number of aromatic nitrogens is 1. The van der Waals surface area contributed by atoms with Crippen LogP contribution in [0.3, 0.4) is 0 Å². The molecule has 0 N–H and O–H groups in total. The van der Waals surface area contributed by atoms with Crippen molar-refractivity contribution in [1.29, 1.82) is 0 Å². The molecule has 5 nitrogen and oxygen atoms in total. The largest absolute Gasteiger partial charge is 0.335 e. The molecule has 1 aliphatic rings. The lowest BCUT2D eigenvalue weighted by molar-refractivity contribution is 0.0536. The molecule has 28 heavy (non-hydrogen) atoms. The molecule has 0 saturated carbocycles.